The van der Waals surface area contributed by atoms with Crippen molar-refractivity contribution >= 4 is 5.96 Å². The fourth-order valence-corrected chi connectivity index (χ4v) is 2.84. The maximum absolute atomic E-state index is 5.76. The first-order valence-corrected chi connectivity index (χ1v) is 8.44. The number of rotatable bonds is 7. The minimum absolute atomic E-state index is 0.591. The Balaban J connectivity index is 1.82. The van der Waals surface area contributed by atoms with Crippen LogP contribution in [-0.4, -0.2) is 57.4 Å². The smallest absolute Gasteiger partial charge is 0.194 e. The largest absolute Gasteiger partial charge is 0.492 e. The molecule has 1 heterocycles. The first-order valence-electron chi connectivity index (χ1n) is 8.44. The number of guanidine groups is 1. The summed E-state index contributed by atoms with van der Waals surface area (Å²) in [6.07, 6.45) is 1.16. The van der Waals surface area contributed by atoms with E-state index in [1.807, 2.05) is 18.2 Å². The molecule has 1 fully saturated rings. The van der Waals surface area contributed by atoms with E-state index in [2.05, 4.69) is 30.1 Å². The van der Waals surface area contributed by atoms with Gasteiger partial charge in [0.1, 0.15) is 12.4 Å². The summed E-state index contributed by atoms with van der Waals surface area (Å²) in [6, 6.07) is 8.11. The summed E-state index contributed by atoms with van der Waals surface area (Å²) < 4.78 is 11.0. The number of aryl methyl sites for hydroxylation is 1. The van der Waals surface area contributed by atoms with Crippen molar-refractivity contribution in [3.8, 4) is 5.75 Å². The van der Waals surface area contributed by atoms with Gasteiger partial charge in [0.25, 0.3) is 0 Å². The SMILES string of the molecule is CCNC(=NCCOc1cccc(C)c1)N1CCC(COC)C1. The third-order valence-electron chi connectivity index (χ3n) is 3.93. The molecule has 128 valence electrons. The third kappa shape index (κ3) is 5.75. The van der Waals surface area contributed by atoms with Gasteiger partial charge in [-0.1, -0.05) is 12.1 Å². The van der Waals surface area contributed by atoms with Crippen LogP contribution < -0.4 is 10.1 Å². The minimum Gasteiger partial charge on any atom is -0.492 e. The molecule has 0 saturated carbocycles. The van der Waals surface area contributed by atoms with Gasteiger partial charge < -0.3 is 19.7 Å². The minimum atomic E-state index is 0.591. The zero-order valence-electron chi connectivity index (χ0n) is 14.5. The van der Waals surface area contributed by atoms with Gasteiger partial charge in [0.15, 0.2) is 5.96 Å². The number of nitrogens with one attached hydrogen (secondary N) is 1. The summed E-state index contributed by atoms with van der Waals surface area (Å²) in [5.41, 5.74) is 1.21. The topological polar surface area (TPSA) is 46.1 Å². The molecule has 1 aliphatic heterocycles. The molecule has 5 heteroatoms. The predicted octanol–water partition coefficient (Wildman–Crippen LogP) is 2.31. The van der Waals surface area contributed by atoms with E-state index >= 15 is 0 Å². The Morgan fingerprint density at radius 3 is 3.04 bits per heavy atom. The van der Waals surface area contributed by atoms with Crippen LogP contribution in [0.4, 0.5) is 0 Å². The zero-order chi connectivity index (χ0) is 16.5. The molecule has 1 N–H and O–H groups in total. The second-order valence-corrected chi connectivity index (χ2v) is 5.96. The number of benzene rings is 1. The van der Waals surface area contributed by atoms with E-state index in [0.29, 0.717) is 19.1 Å². The van der Waals surface area contributed by atoms with Crippen molar-refractivity contribution in [2.45, 2.75) is 20.3 Å². The molecular formula is C18H29N3O2. The van der Waals surface area contributed by atoms with Crippen LogP contribution in [0, 0.1) is 12.8 Å². The molecule has 23 heavy (non-hydrogen) atoms. The van der Waals surface area contributed by atoms with Crippen molar-refractivity contribution in [3.05, 3.63) is 29.8 Å². The summed E-state index contributed by atoms with van der Waals surface area (Å²) in [6.45, 7) is 9.17. The van der Waals surface area contributed by atoms with Crippen LogP contribution in [-0.2, 0) is 4.74 Å². The Hall–Kier alpha value is -1.75. The van der Waals surface area contributed by atoms with E-state index in [0.717, 1.165) is 44.4 Å². The van der Waals surface area contributed by atoms with Gasteiger partial charge in [-0.15, -0.1) is 0 Å². The van der Waals surface area contributed by atoms with Gasteiger partial charge in [-0.3, -0.25) is 0 Å². The summed E-state index contributed by atoms with van der Waals surface area (Å²) in [7, 11) is 1.77. The van der Waals surface area contributed by atoms with Gasteiger partial charge >= 0.3 is 0 Å². The lowest BCUT2D eigenvalue weighted by atomic mass is 10.1. The average molecular weight is 319 g/mol. The number of likely N-dealkylation sites (tertiary alicyclic amines) is 1. The molecular weight excluding hydrogens is 290 g/mol. The Morgan fingerprint density at radius 1 is 1.43 bits per heavy atom. The van der Waals surface area contributed by atoms with Crippen molar-refractivity contribution in [1.82, 2.24) is 10.2 Å². The van der Waals surface area contributed by atoms with Crippen LogP contribution in [0.2, 0.25) is 0 Å². The number of ether oxygens (including phenoxy) is 2. The molecule has 2 rings (SSSR count). The van der Waals surface area contributed by atoms with Gasteiger partial charge in [0.2, 0.25) is 0 Å². The number of nitrogens with zero attached hydrogens (tertiary/aromatic N) is 2. The van der Waals surface area contributed by atoms with Gasteiger partial charge in [0, 0.05) is 32.7 Å². The first kappa shape index (κ1) is 17.6. The lowest BCUT2D eigenvalue weighted by molar-refractivity contribution is 0.157. The average Bonchev–Trinajstić information content (AvgIpc) is 2.99. The van der Waals surface area contributed by atoms with Crippen LogP contribution in [0.1, 0.15) is 18.9 Å². The highest BCUT2D eigenvalue weighted by molar-refractivity contribution is 5.80. The van der Waals surface area contributed by atoms with Crippen molar-refractivity contribution in [2.24, 2.45) is 10.9 Å². The Kier molecular flexibility index (Phi) is 7.20. The normalized spacial score (nSPS) is 18.3. The number of hydrogen-bond acceptors (Lipinski definition) is 3. The van der Waals surface area contributed by atoms with Crippen LogP contribution in [0.25, 0.3) is 0 Å². The molecule has 0 radical (unpaired) electrons. The third-order valence-corrected chi connectivity index (χ3v) is 3.93. The Bertz CT molecular complexity index is 505. The molecule has 0 aliphatic carbocycles. The number of methoxy groups -OCH3 is 1. The van der Waals surface area contributed by atoms with Crippen molar-refractivity contribution in [2.75, 3.05) is 46.5 Å². The van der Waals surface area contributed by atoms with Crippen molar-refractivity contribution in [3.63, 3.8) is 0 Å². The Labute approximate surface area is 139 Å². The number of aliphatic imine (C=N–C) groups is 1. The Morgan fingerprint density at radius 2 is 2.30 bits per heavy atom. The van der Waals surface area contributed by atoms with E-state index < -0.39 is 0 Å². The standard InChI is InChI=1S/C18H29N3O2/c1-4-19-18(21-10-8-16(13-21)14-22-3)20-9-11-23-17-7-5-6-15(2)12-17/h5-7,12,16H,4,8-11,13-14H2,1-3H3,(H,19,20). The molecule has 0 amide bonds. The molecule has 0 spiro atoms. The highest BCUT2D eigenvalue weighted by Crippen LogP contribution is 2.16. The van der Waals surface area contributed by atoms with E-state index in [1.165, 1.54) is 5.56 Å². The van der Waals surface area contributed by atoms with Crippen molar-refractivity contribution in [1.29, 1.82) is 0 Å². The zero-order valence-corrected chi connectivity index (χ0v) is 14.5. The number of hydrogen-bond donors (Lipinski definition) is 1. The van der Waals surface area contributed by atoms with Crippen LogP contribution in [0.3, 0.4) is 0 Å². The van der Waals surface area contributed by atoms with Crippen LogP contribution in [0.5, 0.6) is 5.75 Å². The molecule has 1 aromatic rings. The van der Waals surface area contributed by atoms with E-state index in [1.54, 1.807) is 7.11 Å². The highest BCUT2D eigenvalue weighted by Gasteiger charge is 2.24. The lowest BCUT2D eigenvalue weighted by Gasteiger charge is -2.21. The fraction of sp³-hybridized carbons (Fsp3) is 0.611. The van der Waals surface area contributed by atoms with Gasteiger partial charge in [-0.2, -0.15) is 0 Å². The second kappa shape index (κ2) is 9.40. The molecule has 1 unspecified atom stereocenters. The van der Waals surface area contributed by atoms with Crippen LogP contribution >= 0.6 is 0 Å². The molecule has 1 aromatic carbocycles. The molecule has 0 bridgehead atoms. The first-order chi connectivity index (χ1) is 11.2. The van der Waals surface area contributed by atoms with E-state index in [9.17, 15) is 0 Å². The summed E-state index contributed by atoms with van der Waals surface area (Å²) >= 11 is 0. The molecule has 1 atom stereocenters. The second-order valence-electron chi connectivity index (χ2n) is 5.96. The highest BCUT2D eigenvalue weighted by atomic mass is 16.5. The molecule has 5 nitrogen and oxygen atoms in total. The summed E-state index contributed by atoms with van der Waals surface area (Å²) in [5.74, 6) is 2.50. The maximum Gasteiger partial charge on any atom is 0.194 e. The van der Waals surface area contributed by atoms with Gasteiger partial charge in [0.05, 0.1) is 13.2 Å². The molecule has 1 aliphatic rings. The van der Waals surface area contributed by atoms with Crippen molar-refractivity contribution < 1.29 is 9.47 Å². The van der Waals surface area contributed by atoms with E-state index in [-0.39, 0.29) is 0 Å². The fourth-order valence-electron chi connectivity index (χ4n) is 2.84. The van der Waals surface area contributed by atoms with Gasteiger partial charge in [-0.25, -0.2) is 4.99 Å². The summed E-state index contributed by atoms with van der Waals surface area (Å²) in [5, 5.41) is 3.37. The molecule has 0 aromatic heterocycles. The monoisotopic (exact) mass is 319 g/mol. The summed E-state index contributed by atoms with van der Waals surface area (Å²) in [4.78, 5) is 7.01. The predicted molar refractivity (Wildman–Crippen MR) is 94.2 cm³/mol. The lowest BCUT2D eigenvalue weighted by Crippen LogP contribution is -2.40. The quantitative estimate of drug-likeness (QED) is 0.476. The van der Waals surface area contributed by atoms with E-state index in [4.69, 9.17) is 14.5 Å². The molecule has 1 saturated heterocycles. The maximum atomic E-state index is 5.76. The van der Waals surface area contributed by atoms with Crippen LogP contribution in [0.15, 0.2) is 29.3 Å². The van der Waals surface area contributed by atoms with Gasteiger partial charge in [-0.05, 0) is 38.0 Å².